The summed E-state index contributed by atoms with van der Waals surface area (Å²) in [5.74, 6) is 0.414. The van der Waals surface area contributed by atoms with Crippen molar-refractivity contribution >= 4 is 29.4 Å². The summed E-state index contributed by atoms with van der Waals surface area (Å²) in [7, 11) is 1.50. The number of hydrogen-bond donors (Lipinski definition) is 1. The first-order valence-corrected chi connectivity index (χ1v) is 7.40. The Morgan fingerprint density at radius 3 is 2.72 bits per heavy atom. The van der Waals surface area contributed by atoms with Crippen LogP contribution < -0.4 is 14.9 Å². The first kappa shape index (κ1) is 18.2. The lowest BCUT2D eigenvalue weighted by Crippen LogP contribution is -2.24. The van der Waals surface area contributed by atoms with Gasteiger partial charge in [-0.2, -0.15) is 5.10 Å². The fraction of sp³-hybridized carbons (Fsp3) is 0.125. The zero-order valence-corrected chi connectivity index (χ0v) is 13.9. The third-order valence-electron chi connectivity index (χ3n) is 3.01. The average Bonchev–Trinajstić information content (AvgIpc) is 2.61. The minimum Gasteiger partial charge on any atom is -0.493 e. The highest BCUT2D eigenvalue weighted by Crippen LogP contribution is 2.25. The smallest absolute Gasteiger partial charge is 0.277 e. The van der Waals surface area contributed by atoms with Crippen LogP contribution in [0.3, 0.4) is 0 Å². The SMILES string of the molecule is COc1ccccc1OCC(=O)N/N=C/c1cc([N+](=O)[O-])ccc1Cl. The molecule has 1 N–H and O–H groups in total. The molecule has 0 aliphatic heterocycles. The Morgan fingerprint density at radius 1 is 1.32 bits per heavy atom. The molecular formula is C16H14ClN3O5. The van der Waals surface area contributed by atoms with E-state index in [1.807, 2.05) is 0 Å². The number of non-ortho nitro benzene ring substituents is 1. The maximum Gasteiger partial charge on any atom is 0.277 e. The van der Waals surface area contributed by atoms with Crippen LogP contribution in [0.1, 0.15) is 5.56 Å². The van der Waals surface area contributed by atoms with Crippen LogP contribution in [-0.2, 0) is 4.79 Å². The molecule has 2 rings (SSSR count). The number of para-hydroxylation sites is 2. The van der Waals surface area contributed by atoms with Crippen LogP contribution in [0, 0.1) is 10.1 Å². The maximum absolute atomic E-state index is 11.7. The molecule has 0 aliphatic rings. The fourth-order valence-corrected chi connectivity index (χ4v) is 2.00. The van der Waals surface area contributed by atoms with Gasteiger partial charge < -0.3 is 9.47 Å². The van der Waals surface area contributed by atoms with Gasteiger partial charge >= 0.3 is 0 Å². The number of ether oxygens (including phenoxy) is 2. The minimum atomic E-state index is -0.548. The second-order valence-electron chi connectivity index (χ2n) is 4.70. The van der Waals surface area contributed by atoms with Crippen LogP contribution in [0.25, 0.3) is 0 Å². The summed E-state index contributed by atoms with van der Waals surface area (Å²) in [6.45, 7) is -0.277. The van der Waals surface area contributed by atoms with Crippen LogP contribution in [0.4, 0.5) is 5.69 Å². The Morgan fingerprint density at radius 2 is 2.04 bits per heavy atom. The first-order valence-electron chi connectivity index (χ1n) is 7.03. The van der Waals surface area contributed by atoms with E-state index in [9.17, 15) is 14.9 Å². The number of carbonyl (C=O) groups is 1. The van der Waals surface area contributed by atoms with Gasteiger partial charge in [0.1, 0.15) is 0 Å². The zero-order valence-electron chi connectivity index (χ0n) is 13.1. The molecule has 0 saturated heterocycles. The van der Waals surface area contributed by atoms with Gasteiger partial charge in [-0.15, -0.1) is 0 Å². The van der Waals surface area contributed by atoms with E-state index < -0.39 is 10.8 Å². The predicted molar refractivity (Wildman–Crippen MR) is 92.3 cm³/mol. The van der Waals surface area contributed by atoms with Crippen molar-refractivity contribution in [1.82, 2.24) is 5.43 Å². The number of benzene rings is 2. The van der Waals surface area contributed by atoms with Crippen molar-refractivity contribution < 1.29 is 19.2 Å². The van der Waals surface area contributed by atoms with Crippen molar-refractivity contribution in [3.05, 3.63) is 63.2 Å². The molecule has 0 bridgehead atoms. The number of nitrogens with one attached hydrogen (secondary N) is 1. The van der Waals surface area contributed by atoms with Gasteiger partial charge in [-0.3, -0.25) is 14.9 Å². The van der Waals surface area contributed by atoms with E-state index in [0.29, 0.717) is 17.1 Å². The Labute approximate surface area is 148 Å². The topological polar surface area (TPSA) is 103 Å². The molecule has 130 valence electrons. The van der Waals surface area contributed by atoms with Crippen LogP contribution in [0.15, 0.2) is 47.6 Å². The number of rotatable bonds is 7. The van der Waals surface area contributed by atoms with Gasteiger partial charge in [0.05, 0.1) is 18.2 Å². The summed E-state index contributed by atoms with van der Waals surface area (Å²) in [6, 6.07) is 10.8. The first-order chi connectivity index (χ1) is 12.0. The van der Waals surface area contributed by atoms with Gasteiger partial charge in [-0.25, -0.2) is 5.43 Å². The Balaban J connectivity index is 1.92. The number of halogens is 1. The van der Waals surface area contributed by atoms with Crippen LogP contribution >= 0.6 is 11.6 Å². The molecule has 2 aromatic rings. The van der Waals surface area contributed by atoms with Gasteiger partial charge in [0.15, 0.2) is 18.1 Å². The maximum atomic E-state index is 11.7. The number of amides is 1. The standard InChI is InChI=1S/C16H14ClN3O5/c1-24-14-4-2-3-5-15(14)25-10-16(21)19-18-9-11-8-12(20(22)23)6-7-13(11)17/h2-9H,10H2,1H3,(H,19,21)/b18-9+. The van der Waals surface area contributed by atoms with Crippen molar-refractivity contribution in [2.45, 2.75) is 0 Å². The summed E-state index contributed by atoms with van der Waals surface area (Å²) in [5.41, 5.74) is 2.43. The van der Waals surface area contributed by atoms with E-state index in [2.05, 4.69) is 10.5 Å². The van der Waals surface area contributed by atoms with E-state index in [-0.39, 0.29) is 17.3 Å². The number of nitro benzene ring substituents is 1. The van der Waals surface area contributed by atoms with Crippen molar-refractivity contribution in [1.29, 1.82) is 0 Å². The molecule has 0 atom stereocenters. The quantitative estimate of drug-likeness (QED) is 0.463. The Kier molecular flexibility index (Phi) is 6.30. The van der Waals surface area contributed by atoms with Crippen molar-refractivity contribution in [3.8, 4) is 11.5 Å². The monoisotopic (exact) mass is 363 g/mol. The number of hydrogen-bond acceptors (Lipinski definition) is 6. The molecule has 0 aromatic heterocycles. The second kappa shape index (κ2) is 8.65. The molecule has 0 radical (unpaired) electrons. The number of nitro groups is 1. The molecule has 0 fully saturated rings. The van der Waals surface area contributed by atoms with Gasteiger partial charge in [-0.1, -0.05) is 23.7 Å². The highest BCUT2D eigenvalue weighted by atomic mass is 35.5. The summed E-state index contributed by atoms with van der Waals surface area (Å²) in [6.07, 6.45) is 1.22. The molecule has 0 aliphatic carbocycles. The Bertz CT molecular complexity index is 810. The van der Waals surface area contributed by atoms with Gasteiger partial charge in [0.2, 0.25) is 0 Å². The molecule has 9 heteroatoms. The van der Waals surface area contributed by atoms with E-state index in [1.165, 1.54) is 31.5 Å². The van der Waals surface area contributed by atoms with Gasteiger partial charge in [0.25, 0.3) is 11.6 Å². The summed E-state index contributed by atoms with van der Waals surface area (Å²) < 4.78 is 10.4. The third-order valence-corrected chi connectivity index (χ3v) is 3.36. The number of nitrogens with zero attached hydrogens (tertiary/aromatic N) is 2. The van der Waals surface area contributed by atoms with E-state index >= 15 is 0 Å². The van der Waals surface area contributed by atoms with Gasteiger partial charge in [-0.05, 0) is 18.2 Å². The normalized spacial score (nSPS) is 10.5. The third kappa shape index (κ3) is 5.18. The molecular weight excluding hydrogens is 350 g/mol. The highest BCUT2D eigenvalue weighted by Gasteiger charge is 2.09. The van der Waals surface area contributed by atoms with Crippen LogP contribution in [-0.4, -0.2) is 30.8 Å². The molecule has 0 saturated carbocycles. The molecule has 1 amide bonds. The average molecular weight is 364 g/mol. The van der Waals surface area contributed by atoms with Crippen molar-refractivity contribution in [2.24, 2.45) is 5.10 Å². The molecule has 0 heterocycles. The fourth-order valence-electron chi connectivity index (χ4n) is 1.83. The number of methoxy groups -OCH3 is 1. The van der Waals surface area contributed by atoms with Crippen molar-refractivity contribution in [3.63, 3.8) is 0 Å². The predicted octanol–water partition coefficient (Wildman–Crippen LogP) is 2.79. The molecule has 8 nitrogen and oxygen atoms in total. The lowest BCUT2D eigenvalue weighted by Gasteiger charge is -2.09. The summed E-state index contributed by atoms with van der Waals surface area (Å²) in [4.78, 5) is 21.9. The van der Waals surface area contributed by atoms with E-state index in [4.69, 9.17) is 21.1 Å². The van der Waals surface area contributed by atoms with Gasteiger partial charge in [0, 0.05) is 22.7 Å². The molecule has 0 unspecified atom stereocenters. The number of hydrazone groups is 1. The van der Waals surface area contributed by atoms with Crippen LogP contribution in [0.2, 0.25) is 5.02 Å². The number of carbonyl (C=O) groups excluding carboxylic acids is 1. The van der Waals surface area contributed by atoms with E-state index in [1.54, 1.807) is 24.3 Å². The largest absolute Gasteiger partial charge is 0.493 e. The van der Waals surface area contributed by atoms with Crippen molar-refractivity contribution in [2.75, 3.05) is 13.7 Å². The highest BCUT2D eigenvalue weighted by molar-refractivity contribution is 6.33. The Hall–Kier alpha value is -3.13. The summed E-state index contributed by atoms with van der Waals surface area (Å²) in [5, 5.41) is 14.7. The van der Waals surface area contributed by atoms with E-state index in [0.717, 1.165) is 0 Å². The minimum absolute atomic E-state index is 0.128. The summed E-state index contributed by atoms with van der Waals surface area (Å²) >= 11 is 5.93. The zero-order chi connectivity index (χ0) is 18.2. The lowest BCUT2D eigenvalue weighted by molar-refractivity contribution is -0.384. The molecule has 0 spiro atoms. The lowest BCUT2D eigenvalue weighted by atomic mass is 10.2. The molecule has 25 heavy (non-hydrogen) atoms. The molecule has 2 aromatic carbocycles. The second-order valence-corrected chi connectivity index (χ2v) is 5.10. The van der Waals surface area contributed by atoms with Crippen LogP contribution in [0.5, 0.6) is 11.5 Å².